The van der Waals surface area contributed by atoms with E-state index < -0.39 is 84.9 Å². The van der Waals surface area contributed by atoms with Crippen LogP contribution in [0.15, 0.2) is 0 Å². The average Bonchev–Trinajstić information content (AvgIpc) is 2.67. The molecule has 15 nitrogen and oxygen atoms in total. The Morgan fingerprint density at radius 1 is 0.750 bits per heavy atom. The zero-order valence-corrected chi connectivity index (χ0v) is 17.7. The minimum atomic E-state index is -1.64. The molecule has 32 heavy (non-hydrogen) atoms. The molecular weight excluding hydrogens is 452 g/mol. The number of carboxylic acid groups (broad SMARTS) is 2. The van der Waals surface area contributed by atoms with Crippen LogP contribution in [0.1, 0.15) is 25.7 Å². The van der Waals surface area contributed by atoms with Crippen molar-refractivity contribution in [2.45, 2.75) is 49.9 Å². The highest BCUT2D eigenvalue weighted by atomic mass is 32.1. The highest BCUT2D eigenvalue weighted by molar-refractivity contribution is 7.80. The normalized spacial score (nSPS) is 14.2. The predicted octanol–water partition coefficient (Wildman–Crippen LogP) is -4.60. The highest BCUT2D eigenvalue weighted by Crippen LogP contribution is 2.02. The van der Waals surface area contributed by atoms with E-state index in [1.54, 1.807) is 0 Å². The summed E-state index contributed by atoms with van der Waals surface area (Å²) in [5.41, 5.74) is 15.7. The molecule has 0 aliphatic carbocycles. The lowest BCUT2D eigenvalue weighted by Crippen LogP contribution is -2.58. The van der Waals surface area contributed by atoms with Crippen molar-refractivity contribution < 1.29 is 43.8 Å². The van der Waals surface area contributed by atoms with Gasteiger partial charge in [-0.05, 0) is 6.42 Å². The third-order valence-electron chi connectivity index (χ3n) is 3.88. The maximum atomic E-state index is 12.6. The van der Waals surface area contributed by atoms with Gasteiger partial charge in [-0.1, -0.05) is 0 Å². The van der Waals surface area contributed by atoms with Crippen LogP contribution in [0.4, 0.5) is 0 Å². The van der Waals surface area contributed by atoms with Crippen LogP contribution < -0.4 is 33.2 Å². The standard InChI is InChI=1S/C16H26N6O9S/c17-6(1-2-12(25)26)13(27)20-7(3-10(18)23)14(28)21-8(4-11(19)24)15(29)22-9(5-32)16(30)31/h6-9,32H,1-5,17H2,(H2,18,23)(H2,19,24)(H,20,27)(H,21,28)(H,22,29)(H,25,26)(H,30,31). The molecule has 0 bridgehead atoms. The van der Waals surface area contributed by atoms with Crippen LogP contribution in [0.3, 0.4) is 0 Å². The smallest absolute Gasteiger partial charge is 0.327 e. The molecule has 0 spiro atoms. The molecule has 16 heteroatoms. The number of carbonyl (C=O) groups is 7. The first-order valence-electron chi connectivity index (χ1n) is 9.07. The summed E-state index contributed by atoms with van der Waals surface area (Å²) in [7, 11) is 0. The van der Waals surface area contributed by atoms with Gasteiger partial charge in [0.1, 0.15) is 18.1 Å². The van der Waals surface area contributed by atoms with E-state index in [9.17, 15) is 33.6 Å². The lowest BCUT2D eigenvalue weighted by molar-refractivity contribution is -0.142. The van der Waals surface area contributed by atoms with Gasteiger partial charge < -0.3 is 43.4 Å². The molecule has 5 amide bonds. The molecule has 0 rings (SSSR count). The van der Waals surface area contributed by atoms with E-state index in [2.05, 4.69) is 28.6 Å². The molecule has 0 aliphatic heterocycles. The minimum Gasteiger partial charge on any atom is -0.481 e. The van der Waals surface area contributed by atoms with Gasteiger partial charge in [-0.15, -0.1) is 0 Å². The second-order valence-corrected chi connectivity index (χ2v) is 6.95. The van der Waals surface area contributed by atoms with Gasteiger partial charge in [-0.2, -0.15) is 12.6 Å². The van der Waals surface area contributed by atoms with Gasteiger partial charge in [-0.3, -0.25) is 28.8 Å². The van der Waals surface area contributed by atoms with E-state index in [4.69, 9.17) is 27.4 Å². The fourth-order valence-electron chi connectivity index (χ4n) is 2.24. The Morgan fingerprint density at radius 3 is 1.50 bits per heavy atom. The van der Waals surface area contributed by atoms with Gasteiger partial charge in [0.25, 0.3) is 0 Å². The Bertz CT molecular complexity index is 762. The van der Waals surface area contributed by atoms with Crippen molar-refractivity contribution in [3.05, 3.63) is 0 Å². The summed E-state index contributed by atoms with van der Waals surface area (Å²) in [6.45, 7) is 0. The summed E-state index contributed by atoms with van der Waals surface area (Å²) in [4.78, 5) is 81.2. The molecule has 0 heterocycles. The molecule has 0 aliphatic rings. The number of rotatable bonds is 15. The van der Waals surface area contributed by atoms with E-state index in [1.165, 1.54) is 0 Å². The largest absolute Gasteiger partial charge is 0.481 e. The molecule has 0 fully saturated rings. The van der Waals surface area contributed by atoms with Crippen LogP contribution in [0.2, 0.25) is 0 Å². The number of nitrogens with one attached hydrogen (secondary N) is 3. The fourth-order valence-corrected chi connectivity index (χ4v) is 2.49. The van der Waals surface area contributed by atoms with Gasteiger partial charge in [-0.25, -0.2) is 4.79 Å². The van der Waals surface area contributed by atoms with Crippen molar-refractivity contribution in [3.63, 3.8) is 0 Å². The van der Waals surface area contributed by atoms with Crippen molar-refractivity contribution in [2.24, 2.45) is 17.2 Å². The fraction of sp³-hybridized carbons (Fsp3) is 0.562. The number of carboxylic acids is 2. The molecule has 4 atom stereocenters. The van der Waals surface area contributed by atoms with E-state index in [-0.39, 0.29) is 12.2 Å². The SMILES string of the molecule is NC(=O)CC(NC(=O)C(N)CCC(=O)O)C(=O)NC(CC(N)=O)C(=O)NC(CS)C(=O)O. The summed E-state index contributed by atoms with van der Waals surface area (Å²) in [6.07, 6.45) is -2.15. The Balaban J connectivity index is 5.43. The number of primary amides is 2. The summed E-state index contributed by atoms with van der Waals surface area (Å²) in [5.74, 6) is -8.14. The second-order valence-electron chi connectivity index (χ2n) is 6.58. The number of thiol groups is 1. The zero-order valence-electron chi connectivity index (χ0n) is 16.8. The molecule has 180 valence electrons. The molecular formula is C16H26N6O9S. The molecule has 0 aromatic carbocycles. The topological polar surface area (TPSA) is 274 Å². The maximum absolute atomic E-state index is 12.6. The number of carbonyl (C=O) groups excluding carboxylic acids is 5. The first-order chi connectivity index (χ1) is 14.8. The Hall–Kier alpha value is -3.40. The third kappa shape index (κ3) is 11.1. The number of amides is 5. The van der Waals surface area contributed by atoms with Gasteiger partial charge in [0.2, 0.25) is 29.5 Å². The van der Waals surface area contributed by atoms with E-state index in [0.717, 1.165) is 0 Å². The minimum absolute atomic E-state index is 0.265. The monoisotopic (exact) mass is 478 g/mol. The van der Waals surface area contributed by atoms with Crippen LogP contribution in [-0.4, -0.2) is 81.6 Å². The Labute approximate surface area is 187 Å². The zero-order chi connectivity index (χ0) is 25.0. The number of nitrogens with two attached hydrogens (primary N) is 3. The lowest BCUT2D eigenvalue weighted by Gasteiger charge is -2.24. The van der Waals surface area contributed by atoms with Crippen LogP contribution in [0, 0.1) is 0 Å². The molecule has 11 N–H and O–H groups in total. The molecule has 4 unspecified atom stereocenters. The quantitative estimate of drug-likeness (QED) is 0.102. The summed E-state index contributed by atoms with van der Waals surface area (Å²) in [5, 5.41) is 23.9. The van der Waals surface area contributed by atoms with Crippen LogP contribution in [0.5, 0.6) is 0 Å². The molecule has 0 radical (unpaired) electrons. The maximum Gasteiger partial charge on any atom is 0.327 e. The third-order valence-corrected chi connectivity index (χ3v) is 4.24. The molecule has 0 saturated carbocycles. The lowest BCUT2D eigenvalue weighted by atomic mass is 10.1. The molecule has 0 aromatic rings. The van der Waals surface area contributed by atoms with Crippen LogP contribution >= 0.6 is 12.6 Å². The van der Waals surface area contributed by atoms with Gasteiger partial charge in [0.05, 0.1) is 18.9 Å². The van der Waals surface area contributed by atoms with Gasteiger partial charge in [0, 0.05) is 12.2 Å². The first-order valence-corrected chi connectivity index (χ1v) is 9.70. The van der Waals surface area contributed by atoms with Crippen molar-refractivity contribution in [1.29, 1.82) is 0 Å². The van der Waals surface area contributed by atoms with Crippen molar-refractivity contribution in [3.8, 4) is 0 Å². The number of aliphatic carboxylic acids is 2. The Kier molecular flexibility index (Phi) is 12.3. The number of hydrogen-bond donors (Lipinski definition) is 9. The van der Waals surface area contributed by atoms with Gasteiger partial charge in [0.15, 0.2) is 0 Å². The van der Waals surface area contributed by atoms with E-state index >= 15 is 0 Å². The van der Waals surface area contributed by atoms with Crippen molar-refractivity contribution in [2.75, 3.05) is 5.75 Å². The summed E-state index contributed by atoms with van der Waals surface area (Å²) >= 11 is 3.77. The van der Waals surface area contributed by atoms with Crippen LogP contribution in [-0.2, 0) is 33.6 Å². The summed E-state index contributed by atoms with van der Waals surface area (Å²) < 4.78 is 0. The molecule has 0 aromatic heterocycles. The van der Waals surface area contributed by atoms with Crippen molar-refractivity contribution >= 4 is 54.1 Å². The highest BCUT2D eigenvalue weighted by Gasteiger charge is 2.31. The Morgan fingerprint density at radius 2 is 1.16 bits per heavy atom. The second kappa shape index (κ2) is 13.8. The predicted molar refractivity (Wildman–Crippen MR) is 110 cm³/mol. The van der Waals surface area contributed by atoms with E-state index in [0.29, 0.717) is 0 Å². The number of hydrogen-bond acceptors (Lipinski definition) is 9. The van der Waals surface area contributed by atoms with Gasteiger partial charge >= 0.3 is 11.9 Å². The van der Waals surface area contributed by atoms with Crippen molar-refractivity contribution in [1.82, 2.24) is 16.0 Å². The summed E-state index contributed by atoms with van der Waals surface area (Å²) in [6, 6.07) is -6.04. The molecule has 0 saturated heterocycles. The van der Waals surface area contributed by atoms with E-state index in [1.807, 2.05) is 0 Å². The first kappa shape index (κ1) is 28.6. The van der Waals surface area contributed by atoms with Crippen LogP contribution in [0.25, 0.3) is 0 Å². The average molecular weight is 478 g/mol.